The number of rotatable bonds is 3. The van der Waals surface area contributed by atoms with Crippen LogP contribution < -0.4 is 5.73 Å². The smallest absolute Gasteiger partial charge is 0.0760 e. The zero-order chi connectivity index (χ0) is 8.60. The molecule has 0 saturated carbocycles. The Morgan fingerprint density at radius 1 is 1.50 bits per heavy atom. The van der Waals surface area contributed by atoms with Crippen LogP contribution in [0.15, 0.2) is 0 Å². The molecule has 2 aliphatic heterocycles. The molecule has 0 aromatic rings. The number of hydrogen-bond acceptors (Lipinski definition) is 2. The summed E-state index contributed by atoms with van der Waals surface area (Å²) in [5, 5.41) is 0. The summed E-state index contributed by atoms with van der Waals surface area (Å²) in [6.07, 6.45) is 8.09. The van der Waals surface area contributed by atoms with Gasteiger partial charge in [-0.05, 0) is 25.7 Å². The van der Waals surface area contributed by atoms with E-state index in [1.165, 1.54) is 25.7 Å². The molecule has 12 heavy (non-hydrogen) atoms. The van der Waals surface area contributed by atoms with E-state index in [0.29, 0.717) is 12.2 Å². The van der Waals surface area contributed by atoms with Gasteiger partial charge in [0.15, 0.2) is 0 Å². The molecule has 0 aromatic carbocycles. The molecular weight excluding hydrogens is 150 g/mol. The average molecular weight is 169 g/mol. The number of hydrogen-bond donors (Lipinski definition) is 1. The molecule has 2 heteroatoms. The van der Waals surface area contributed by atoms with Gasteiger partial charge in [-0.15, -0.1) is 0 Å². The van der Waals surface area contributed by atoms with Crippen LogP contribution >= 0.6 is 0 Å². The average Bonchev–Trinajstić information content (AvgIpc) is 2.60. The van der Waals surface area contributed by atoms with E-state index in [-0.39, 0.29) is 5.54 Å². The summed E-state index contributed by atoms with van der Waals surface area (Å²) in [5.74, 6) is 0. The van der Waals surface area contributed by atoms with Gasteiger partial charge in [-0.3, -0.25) is 0 Å². The van der Waals surface area contributed by atoms with Gasteiger partial charge in [0.25, 0.3) is 0 Å². The van der Waals surface area contributed by atoms with Gasteiger partial charge < -0.3 is 10.5 Å². The highest BCUT2D eigenvalue weighted by Gasteiger charge is 2.49. The normalized spacial score (nSPS) is 45.5. The minimum Gasteiger partial charge on any atom is -0.373 e. The molecule has 0 aromatic heterocycles. The predicted molar refractivity (Wildman–Crippen MR) is 49.0 cm³/mol. The lowest BCUT2D eigenvalue weighted by atomic mass is 9.79. The molecule has 2 rings (SSSR count). The van der Waals surface area contributed by atoms with Crippen molar-refractivity contribution in [3.05, 3.63) is 0 Å². The Hall–Kier alpha value is -0.0800. The van der Waals surface area contributed by atoms with Crippen LogP contribution in [0.2, 0.25) is 0 Å². The molecule has 0 amide bonds. The summed E-state index contributed by atoms with van der Waals surface area (Å²) in [7, 11) is 0. The quantitative estimate of drug-likeness (QED) is 0.699. The van der Waals surface area contributed by atoms with E-state index in [1.807, 2.05) is 0 Å². The number of unbranched alkanes of at least 4 members (excludes halogenated alkanes) is 1. The van der Waals surface area contributed by atoms with Crippen molar-refractivity contribution in [1.82, 2.24) is 0 Å². The van der Waals surface area contributed by atoms with E-state index in [2.05, 4.69) is 6.92 Å². The van der Waals surface area contributed by atoms with Crippen LogP contribution in [0.4, 0.5) is 0 Å². The second kappa shape index (κ2) is 3.00. The van der Waals surface area contributed by atoms with Gasteiger partial charge in [0.2, 0.25) is 0 Å². The van der Waals surface area contributed by atoms with E-state index >= 15 is 0 Å². The molecule has 2 N–H and O–H groups in total. The Bertz CT molecular complexity index is 171. The van der Waals surface area contributed by atoms with Gasteiger partial charge >= 0.3 is 0 Å². The second-order valence-corrected chi connectivity index (χ2v) is 4.36. The first-order chi connectivity index (χ1) is 5.74. The zero-order valence-electron chi connectivity index (χ0n) is 7.88. The Labute approximate surface area is 74.5 Å². The van der Waals surface area contributed by atoms with E-state index in [4.69, 9.17) is 10.5 Å². The van der Waals surface area contributed by atoms with E-state index < -0.39 is 0 Å². The molecular formula is C10H19NO. The van der Waals surface area contributed by atoms with Crippen LogP contribution in [-0.4, -0.2) is 17.7 Å². The summed E-state index contributed by atoms with van der Waals surface area (Å²) in [5.41, 5.74) is 6.35. The van der Waals surface area contributed by atoms with Crippen molar-refractivity contribution in [1.29, 1.82) is 0 Å². The van der Waals surface area contributed by atoms with E-state index in [9.17, 15) is 0 Å². The minimum absolute atomic E-state index is 0.0406. The second-order valence-electron chi connectivity index (χ2n) is 4.36. The van der Waals surface area contributed by atoms with Gasteiger partial charge in [-0.2, -0.15) is 0 Å². The van der Waals surface area contributed by atoms with Crippen LogP contribution in [0.3, 0.4) is 0 Å². The fourth-order valence-corrected chi connectivity index (χ4v) is 2.60. The molecule has 2 nitrogen and oxygen atoms in total. The number of ether oxygens (including phenoxy) is 1. The van der Waals surface area contributed by atoms with Crippen LogP contribution in [0.5, 0.6) is 0 Å². The fraction of sp³-hybridized carbons (Fsp3) is 1.00. The van der Waals surface area contributed by atoms with Crippen molar-refractivity contribution in [3.63, 3.8) is 0 Å². The van der Waals surface area contributed by atoms with Crippen molar-refractivity contribution in [2.24, 2.45) is 5.73 Å². The highest BCUT2D eigenvalue weighted by molar-refractivity contribution is 5.04. The van der Waals surface area contributed by atoms with Crippen molar-refractivity contribution in [2.45, 2.75) is 63.2 Å². The van der Waals surface area contributed by atoms with Gasteiger partial charge in [-0.1, -0.05) is 19.8 Å². The maximum atomic E-state index is 6.31. The molecule has 2 fully saturated rings. The topological polar surface area (TPSA) is 35.2 Å². The predicted octanol–water partition coefficient (Wildman–Crippen LogP) is 1.83. The molecule has 2 aliphatic rings. The molecule has 0 radical (unpaired) electrons. The highest BCUT2D eigenvalue weighted by atomic mass is 16.5. The van der Waals surface area contributed by atoms with Crippen molar-refractivity contribution in [2.75, 3.05) is 0 Å². The monoisotopic (exact) mass is 169 g/mol. The molecule has 0 spiro atoms. The molecule has 2 saturated heterocycles. The van der Waals surface area contributed by atoms with Crippen molar-refractivity contribution < 1.29 is 4.74 Å². The van der Waals surface area contributed by atoms with Crippen molar-refractivity contribution >= 4 is 0 Å². The first-order valence-electron chi connectivity index (χ1n) is 5.19. The number of fused-ring (bicyclic) bond motifs is 2. The van der Waals surface area contributed by atoms with E-state index in [1.54, 1.807) is 0 Å². The third-order valence-corrected chi connectivity index (χ3v) is 3.35. The van der Waals surface area contributed by atoms with Crippen LogP contribution in [0.1, 0.15) is 45.4 Å². The summed E-state index contributed by atoms with van der Waals surface area (Å²) in [6.45, 7) is 2.22. The Morgan fingerprint density at radius 3 is 2.83 bits per heavy atom. The fourth-order valence-electron chi connectivity index (χ4n) is 2.60. The lowest BCUT2D eigenvalue weighted by Crippen LogP contribution is -2.48. The van der Waals surface area contributed by atoms with Gasteiger partial charge in [0, 0.05) is 5.54 Å². The van der Waals surface area contributed by atoms with Crippen LogP contribution in [0, 0.1) is 0 Å². The third kappa shape index (κ3) is 1.27. The summed E-state index contributed by atoms with van der Waals surface area (Å²) < 4.78 is 5.76. The van der Waals surface area contributed by atoms with Crippen molar-refractivity contribution in [3.8, 4) is 0 Å². The molecule has 0 aliphatic carbocycles. The van der Waals surface area contributed by atoms with Crippen LogP contribution in [0.25, 0.3) is 0 Å². The van der Waals surface area contributed by atoms with Gasteiger partial charge in [0.05, 0.1) is 12.2 Å². The maximum absolute atomic E-state index is 6.31. The number of nitrogens with two attached hydrogens (primary N) is 1. The molecule has 3 atom stereocenters. The Kier molecular flexibility index (Phi) is 2.13. The van der Waals surface area contributed by atoms with Gasteiger partial charge in [0.1, 0.15) is 0 Å². The maximum Gasteiger partial charge on any atom is 0.0760 e. The lowest BCUT2D eigenvalue weighted by molar-refractivity contribution is 0.0833. The summed E-state index contributed by atoms with van der Waals surface area (Å²) >= 11 is 0. The third-order valence-electron chi connectivity index (χ3n) is 3.35. The zero-order valence-corrected chi connectivity index (χ0v) is 7.88. The van der Waals surface area contributed by atoms with Gasteiger partial charge in [-0.25, -0.2) is 0 Å². The Balaban J connectivity index is 1.93. The first kappa shape index (κ1) is 8.52. The first-order valence-corrected chi connectivity index (χ1v) is 5.19. The molecule has 3 unspecified atom stereocenters. The van der Waals surface area contributed by atoms with Crippen LogP contribution in [-0.2, 0) is 4.74 Å². The molecule has 2 heterocycles. The standard InChI is InChI=1S/C10H19NO/c1-2-3-6-10(11)7-8-4-5-9(10)12-8/h8-9H,2-7,11H2,1H3. The summed E-state index contributed by atoms with van der Waals surface area (Å²) in [6, 6.07) is 0. The lowest BCUT2D eigenvalue weighted by Gasteiger charge is -2.30. The molecule has 2 bridgehead atoms. The SMILES string of the molecule is CCCCC1(N)CC2CCC1O2. The Morgan fingerprint density at radius 2 is 2.33 bits per heavy atom. The minimum atomic E-state index is 0.0406. The summed E-state index contributed by atoms with van der Waals surface area (Å²) in [4.78, 5) is 0. The van der Waals surface area contributed by atoms with E-state index in [0.717, 1.165) is 12.8 Å². The largest absolute Gasteiger partial charge is 0.373 e. The highest BCUT2D eigenvalue weighted by Crippen LogP contribution is 2.42. The molecule has 70 valence electrons.